The van der Waals surface area contributed by atoms with Crippen LogP contribution >= 0.6 is 23.2 Å². The van der Waals surface area contributed by atoms with Gasteiger partial charge in [0, 0.05) is 13.6 Å². The molecule has 0 spiro atoms. The zero-order chi connectivity index (χ0) is 9.14. The van der Waals surface area contributed by atoms with Crippen LogP contribution in [0.15, 0.2) is 6.20 Å². The number of hydrogen-bond donors (Lipinski definition) is 0. The molecule has 5 heteroatoms. The van der Waals surface area contributed by atoms with Crippen molar-refractivity contribution in [2.45, 2.75) is 6.92 Å². The Balaban J connectivity index is 3.07. The van der Waals surface area contributed by atoms with Crippen molar-refractivity contribution < 1.29 is 0 Å². The van der Waals surface area contributed by atoms with Crippen molar-refractivity contribution in [1.82, 2.24) is 10.2 Å². The highest BCUT2D eigenvalue weighted by Crippen LogP contribution is 2.28. The van der Waals surface area contributed by atoms with E-state index < -0.39 is 0 Å². The normalized spacial score (nSPS) is 10.0. The molecule has 0 aromatic carbocycles. The van der Waals surface area contributed by atoms with E-state index in [2.05, 4.69) is 10.2 Å². The third-order valence-corrected chi connectivity index (χ3v) is 2.35. The van der Waals surface area contributed by atoms with Gasteiger partial charge in [-0.25, -0.2) is 0 Å². The molecule has 0 N–H and O–H groups in total. The number of hydrogen-bond acceptors (Lipinski definition) is 3. The molecule has 0 amide bonds. The van der Waals surface area contributed by atoms with E-state index in [-0.39, 0.29) is 5.15 Å². The van der Waals surface area contributed by atoms with E-state index in [1.165, 1.54) is 0 Å². The van der Waals surface area contributed by atoms with E-state index in [4.69, 9.17) is 23.2 Å². The van der Waals surface area contributed by atoms with Gasteiger partial charge < -0.3 is 4.90 Å². The quantitative estimate of drug-likeness (QED) is 0.742. The molecule has 0 atom stereocenters. The summed E-state index contributed by atoms with van der Waals surface area (Å²) in [4.78, 5) is 1.95. The summed E-state index contributed by atoms with van der Waals surface area (Å²) in [7, 11) is 1.92. The summed E-state index contributed by atoms with van der Waals surface area (Å²) in [6, 6.07) is 0. The second-order valence-electron chi connectivity index (χ2n) is 2.35. The van der Waals surface area contributed by atoms with Crippen LogP contribution in [0.2, 0.25) is 10.2 Å². The number of aromatic nitrogens is 2. The van der Waals surface area contributed by atoms with Crippen molar-refractivity contribution in [2.24, 2.45) is 0 Å². The third-order valence-electron chi connectivity index (χ3n) is 1.62. The van der Waals surface area contributed by atoms with Gasteiger partial charge >= 0.3 is 0 Å². The van der Waals surface area contributed by atoms with Crippen LogP contribution in [-0.2, 0) is 0 Å². The van der Waals surface area contributed by atoms with Gasteiger partial charge in [0.15, 0.2) is 5.15 Å². The lowest BCUT2D eigenvalue weighted by Crippen LogP contribution is -2.16. The molecule has 1 heterocycles. The fourth-order valence-corrected chi connectivity index (χ4v) is 1.15. The molecule has 66 valence electrons. The fraction of sp³-hybridized carbons (Fsp3) is 0.429. The lowest BCUT2D eigenvalue weighted by Gasteiger charge is -2.17. The first-order chi connectivity index (χ1) is 5.66. The molecule has 1 rings (SSSR count). The Hall–Kier alpha value is -0.540. The van der Waals surface area contributed by atoms with Gasteiger partial charge in [0.05, 0.1) is 11.9 Å². The molecule has 1 aromatic rings. The van der Waals surface area contributed by atoms with Gasteiger partial charge in [0.1, 0.15) is 5.02 Å². The molecule has 0 radical (unpaired) electrons. The Bertz CT molecular complexity index is 277. The fourth-order valence-electron chi connectivity index (χ4n) is 0.777. The predicted molar refractivity (Wildman–Crippen MR) is 51.0 cm³/mol. The Kier molecular flexibility index (Phi) is 3.12. The van der Waals surface area contributed by atoms with Crippen molar-refractivity contribution in [2.75, 3.05) is 18.5 Å². The molecule has 0 saturated carbocycles. The molecule has 0 aliphatic rings. The molecule has 0 aliphatic carbocycles. The number of nitrogens with zero attached hydrogens (tertiary/aromatic N) is 3. The SMILES string of the molecule is CCN(C)c1cnnc(Cl)c1Cl. The first-order valence-electron chi connectivity index (χ1n) is 3.54. The highest BCUT2D eigenvalue weighted by molar-refractivity contribution is 6.42. The maximum atomic E-state index is 5.89. The minimum Gasteiger partial charge on any atom is -0.372 e. The summed E-state index contributed by atoms with van der Waals surface area (Å²) in [6.07, 6.45) is 1.59. The summed E-state index contributed by atoms with van der Waals surface area (Å²) >= 11 is 11.6. The van der Waals surface area contributed by atoms with Crippen LogP contribution in [0.5, 0.6) is 0 Å². The smallest absolute Gasteiger partial charge is 0.172 e. The van der Waals surface area contributed by atoms with Gasteiger partial charge in [0.2, 0.25) is 0 Å². The highest BCUT2D eigenvalue weighted by atomic mass is 35.5. The van der Waals surface area contributed by atoms with Gasteiger partial charge in [0.25, 0.3) is 0 Å². The number of halogens is 2. The largest absolute Gasteiger partial charge is 0.372 e. The van der Waals surface area contributed by atoms with E-state index in [0.717, 1.165) is 12.2 Å². The lowest BCUT2D eigenvalue weighted by atomic mass is 10.4. The molecule has 12 heavy (non-hydrogen) atoms. The van der Waals surface area contributed by atoms with E-state index in [1.54, 1.807) is 6.20 Å². The zero-order valence-corrected chi connectivity index (χ0v) is 8.39. The first kappa shape index (κ1) is 9.55. The predicted octanol–water partition coefficient (Wildman–Crippen LogP) is 2.24. The van der Waals surface area contributed by atoms with Gasteiger partial charge in [-0.1, -0.05) is 23.2 Å². The van der Waals surface area contributed by atoms with Crippen LogP contribution in [0.4, 0.5) is 5.69 Å². The lowest BCUT2D eigenvalue weighted by molar-refractivity contribution is 0.938. The van der Waals surface area contributed by atoms with Crippen LogP contribution in [0.1, 0.15) is 6.92 Å². The van der Waals surface area contributed by atoms with Gasteiger partial charge in [-0.05, 0) is 6.92 Å². The average molecular weight is 206 g/mol. The summed E-state index contributed by atoms with van der Waals surface area (Å²) in [5.41, 5.74) is 0.805. The summed E-state index contributed by atoms with van der Waals surface area (Å²) in [6.45, 7) is 2.87. The van der Waals surface area contributed by atoms with Crippen LogP contribution in [-0.4, -0.2) is 23.8 Å². The van der Waals surface area contributed by atoms with Crippen LogP contribution < -0.4 is 4.90 Å². The van der Waals surface area contributed by atoms with E-state index >= 15 is 0 Å². The van der Waals surface area contributed by atoms with Gasteiger partial charge in [-0.15, -0.1) is 5.10 Å². The van der Waals surface area contributed by atoms with E-state index in [0.29, 0.717) is 5.02 Å². The Labute approximate surface area is 81.3 Å². The summed E-state index contributed by atoms with van der Waals surface area (Å²) < 4.78 is 0. The van der Waals surface area contributed by atoms with Gasteiger partial charge in [-0.3, -0.25) is 0 Å². The second kappa shape index (κ2) is 3.92. The van der Waals surface area contributed by atoms with Crippen molar-refractivity contribution in [1.29, 1.82) is 0 Å². The van der Waals surface area contributed by atoms with E-state index in [9.17, 15) is 0 Å². The van der Waals surface area contributed by atoms with Crippen LogP contribution in [0.3, 0.4) is 0 Å². The maximum Gasteiger partial charge on any atom is 0.172 e. The Morgan fingerprint density at radius 1 is 1.50 bits per heavy atom. The van der Waals surface area contributed by atoms with Crippen molar-refractivity contribution in [3.8, 4) is 0 Å². The first-order valence-corrected chi connectivity index (χ1v) is 4.30. The molecule has 0 saturated heterocycles. The standard InChI is InChI=1S/C7H9Cl2N3/c1-3-12(2)5-4-10-11-7(9)6(5)8/h4H,3H2,1-2H3. The minimum atomic E-state index is 0.245. The van der Waals surface area contributed by atoms with Crippen molar-refractivity contribution in [3.63, 3.8) is 0 Å². The summed E-state index contributed by atoms with van der Waals surface area (Å²) in [5.74, 6) is 0. The second-order valence-corrected chi connectivity index (χ2v) is 3.08. The summed E-state index contributed by atoms with van der Waals surface area (Å²) in [5, 5.41) is 8.02. The van der Waals surface area contributed by atoms with E-state index in [1.807, 2.05) is 18.9 Å². The molecule has 3 nitrogen and oxygen atoms in total. The molecular weight excluding hydrogens is 197 g/mol. The van der Waals surface area contributed by atoms with Gasteiger partial charge in [-0.2, -0.15) is 5.10 Å². The minimum absolute atomic E-state index is 0.245. The molecule has 1 aromatic heterocycles. The van der Waals surface area contributed by atoms with Crippen LogP contribution in [0.25, 0.3) is 0 Å². The topological polar surface area (TPSA) is 29.0 Å². The highest BCUT2D eigenvalue weighted by Gasteiger charge is 2.08. The Morgan fingerprint density at radius 3 is 2.75 bits per heavy atom. The average Bonchev–Trinajstić information content (AvgIpc) is 2.08. The number of anilines is 1. The molecule has 0 bridgehead atoms. The molecule has 0 unspecified atom stereocenters. The van der Waals surface area contributed by atoms with Crippen molar-refractivity contribution >= 4 is 28.9 Å². The molecular formula is C7H9Cl2N3. The van der Waals surface area contributed by atoms with Crippen molar-refractivity contribution in [3.05, 3.63) is 16.4 Å². The zero-order valence-electron chi connectivity index (χ0n) is 6.88. The monoisotopic (exact) mass is 205 g/mol. The third kappa shape index (κ3) is 1.79. The Morgan fingerprint density at radius 2 is 2.17 bits per heavy atom. The molecule has 0 aliphatic heterocycles. The van der Waals surface area contributed by atoms with Crippen LogP contribution in [0, 0.1) is 0 Å². The molecule has 0 fully saturated rings. The maximum absolute atomic E-state index is 5.89. The number of rotatable bonds is 2.